The van der Waals surface area contributed by atoms with Crippen LogP contribution in [0.5, 0.6) is 0 Å². The average Bonchev–Trinajstić information content (AvgIpc) is 2.48. The Balaban J connectivity index is 1.82. The Hall–Kier alpha value is -1.65. The Kier molecular flexibility index (Phi) is 5.53. The number of hydrogen-bond donors (Lipinski definition) is 2. The van der Waals surface area contributed by atoms with Crippen molar-refractivity contribution in [2.24, 2.45) is 0 Å². The lowest BCUT2D eigenvalue weighted by molar-refractivity contribution is -0.118. The molecule has 0 aromatic heterocycles. The van der Waals surface area contributed by atoms with Gasteiger partial charge in [-0.15, -0.1) is 11.8 Å². The van der Waals surface area contributed by atoms with Crippen molar-refractivity contribution in [1.29, 1.82) is 0 Å². The molecule has 1 amide bonds. The lowest BCUT2D eigenvalue weighted by Crippen LogP contribution is -2.24. The number of anilines is 1. The van der Waals surface area contributed by atoms with Crippen molar-refractivity contribution < 1.29 is 4.79 Å². The Morgan fingerprint density at radius 3 is 2.67 bits per heavy atom. The van der Waals surface area contributed by atoms with Crippen molar-refractivity contribution in [1.82, 2.24) is 5.32 Å². The number of amides is 1. The first-order chi connectivity index (χ1) is 10.1. The fraction of sp³-hybridized carbons (Fsp3) is 0.188. The van der Waals surface area contributed by atoms with Crippen LogP contribution in [-0.4, -0.2) is 11.7 Å². The van der Waals surface area contributed by atoms with E-state index in [0.29, 0.717) is 17.3 Å². The third kappa shape index (κ3) is 4.69. The fourth-order valence-corrected chi connectivity index (χ4v) is 2.81. The van der Waals surface area contributed by atoms with Crippen LogP contribution in [0, 0.1) is 6.92 Å². The summed E-state index contributed by atoms with van der Waals surface area (Å²) in [5.41, 5.74) is 8.65. The Morgan fingerprint density at radius 2 is 1.95 bits per heavy atom. The van der Waals surface area contributed by atoms with Crippen LogP contribution < -0.4 is 11.1 Å². The molecule has 0 aliphatic heterocycles. The topological polar surface area (TPSA) is 55.1 Å². The molecular formula is C16H17ClN2OS. The molecule has 0 spiro atoms. The molecule has 2 aromatic carbocycles. The van der Waals surface area contributed by atoms with Gasteiger partial charge >= 0.3 is 0 Å². The molecule has 0 aliphatic rings. The molecular weight excluding hydrogens is 304 g/mol. The van der Waals surface area contributed by atoms with Gasteiger partial charge in [-0.2, -0.15) is 0 Å². The van der Waals surface area contributed by atoms with Crippen LogP contribution in [0.4, 0.5) is 5.69 Å². The number of nitrogens with two attached hydrogens (primary N) is 1. The molecule has 0 bridgehead atoms. The molecule has 5 heteroatoms. The predicted molar refractivity (Wildman–Crippen MR) is 89.6 cm³/mol. The van der Waals surface area contributed by atoms with Crippen molar-refractivity contribution in [3.05, 3.63) is 58.6 Å². The van der Waals surface area contributed by atoms with Crippen LogP contribution >= 0.6 is 23.4 Å². The molecule has 21 heavy (non-hydrogen) atoms. The van der Waals surface area contributed by atoms with E-state index in [1.54, 1.807) is 0 Å². The highest BCUT2D eigenvalue weighted by molar-refractivity contribution is 8.00. The number of halogens is 1. The minimum absolute atomic E-state index is 0.00299. The quantitative estimate of drug-likeness (QED) is 0.653. The molecule has 2 aromatic rings. The van der Waals surface area contributed by atoms with Gasteiger partial charge in [0.2, 0.25) is 5.91 Å². The van der Waals surface area contributed by atoms with Gasteiger partial charge in [-0.05, 0) is 42.3 Å². The monoisotopic (exact) mass is 320 g/mol. The summed E-state index contributed by atoms with van der Waals surface area (Å²) >= 11 is 7.31. The summed E-state index contributed by atoms with van der Waals surface area (Å²) in [6.45, 7) is 2.47. The van der Waals surface area contributed by atoms with Gasteiger partial charge in [-0.1, -0.05) is 29.8 Å². The number of hydrogen-bond acceptors (Lipinski definition) is 3. The molecule has 0 fully saturated rings. The fourth-order valence-electron chi connectivity index (χ4n) is 1.79. The van der Waals surface area contributed by atoms with Crippen LogP contribution in [-0.2, 0) is 11.3 Å². The van der Waals surface area contributed by atoms with E-state index in [-0.39, 0.29) is 5.91 Å². The Morgan fingerprint density at radius 1 is 1.24 bits per heavy atom. The lowest BCUT2D eigenvalue weighted by atomic mass is 10.2. The van der Waals surface area contributed by atoms with Gasteiger partial charge in [-0.3, -0.25) is 4.79 Å². The van der Waals surface area contributed by atoms with E-state index in [4.69, 9.17) is 17.3 Å². The molecule has 0 saturated heterocycles. The van der Waals surface area contributed by atoms with E-state index in [2.05, 4.69) is 5.32 Å². The Labute approximate surface area is 133 Å². The first-order valence-corrected chi connectivity index (χ1v) is 7.91. The maximum Gasteiger partial charge on any atom is 0.230 e. The molecule has 0 saturated carbocycles. The maximum atomic E-state index is 11.9. The lowest BCUT2D eigenvalue weighted by Gasteiger charge is -2.08. The van der Waals surface area contributed by atoms with Crippen LogP contribution in [0.1, 0.15) is 11.1 Å². The predicted octanol–water partition coefficient (Wildman–Crippen LogP) is 3.64. The first kappa shape index (κ1) is 15.7. The number of carbonyl (C=O) groups excluding carboxylic acids is 1. The zero-order chi connectivity index (χ0) is 15.2. The van der Waals surface area contributed by atoms with Gasteiger partial charge in [0.1, 0.15) is 0 Å². The van der Waals surface area contributed by atoms with E-state index in [1.807, 2.05) is 49.4 Å². The van der Waals surface area contributed by atoms with Crippen LogP contribution in [0.15, 0.2) is 47.4 Å². The average molecular weight is 321 g/mol. The first-order valence-electron chi connectivity index (χ1n) is 6.55. The summed E-state index contributed by atoms with van der Waals surface area (Å²) in [6.07, 6.45) is 0. The molecule has 3 nitrogen and oxygen atoms in total. The Bertz CT molecular complexity index is 629. The minimum atomic E-state index is -0.00299. The second-order valence-corrected chi connectivity index (χ2v) is 6.12. The van der Waals surface area contributed by atoms with Gasteiger partial charge in [0.25, 0.3) is 0 Å². The normalized spacial score (nSPS) is 10.4. The summed E-state index contributed by atoms with van der Waals surface area (Å²) in [7, 11) is 0. The molecule has 110 valence electrons. The molecule has 0 radical (unpaired) electrons. The zero-order valence-electron chi connectivity index (χ0n) is 11.7. The molecule has 2 rings (SSSR count). The van der Waals surface area contributed by atoms with Gasteiger partial charge in [0.15, 0.2) is 0 Å². The number of rotatable bonds is 5. The van der Waals surface area contributed by atoms with Crippen molar-refractivity contribution >= 4 is 35.0 Å². The third-order valence-electron chi connectivity index (χ3n) is 3.09. The van der Waals surface area contributed by atoms with E-state index in [9.17, 15) is 4.79 Å². The van der Waals surface area contributed by atoms with Crippen LogP contribution in [0.3, 0.4) is 0 Å². The van der Waals surface area contributed by atoms with E-state index < -0.39 is 0 Å². The number of nitrogen functional groups attached to an aromatic ring is 1. The molecule has 0 heterocycles. The van der Waals surface area contributed by atoms with Gasteiger partial charge < -0.3 is 11.1 Å². The third-order valence-corrected chi connectivity index (χ3v) is 4.50. The SMILES string of the molecule is Cc1c(N)cccc1SCC(=O)NCc1ccc(Cl)cc1. The van der Waals surface area contributed by atoms with Crippen molar-refractivity contribution in [2.75, 3.05) is 11.5 Å². The number of nitrogens with one attached hydrogen (secondary N) is 1. The van der Waals surface area contributed by atoms with Crippen molar-refractivity contribution in [3.63, 3.8) is 0 Å². The van der Waals surface area contributed by atoms with E-state index >= 15 is 0 Å². The second kappa shape index (κ2) is 7.38. The minimum Gasteiger partial charge on any atom is -0.398 e. The van der Waals surface area contributed by atoms with Gasteiger partial charge in [-0.25, -0.2) is 0 Å². The summed E-state index contributed by atoms with van der Waals surface area (Å²) in [5.74, 6) is 0.370. The van der Waals surface area contributed by atoms with E-state index in [0.717, 1.165) is 21.7 Å². The largest absolute Gasteiger partial charge is 0.398 e. The summed E-state index contributed by atoms with van der Waals surface area (Å²) < 4.78 is 0. The highest BCUT2D eigenvalue weighted by atomic mass is 35.5. The smallest absolute Gasteiger partial charge is 0.230 e. The van der Waals surface area contributed by atoms with Crippen molar-refractivity contribution in [3.8, 4) is 0 Å². The highest BCUT2D eigenvalue weighted by Gasteiger charge is 2.06. The zero-order valence-corrected chi connectivity index (χ0v) is 13.3. The summed E-state index contributed by atoms with van der Waals surface area (Å²) in [6, 6.07) is 13.2. The highest BCUT2D eigenvalue weighted by Crippen LogP contribution is 2.25. The van der Waals surface area contributed by atoms with Crippen LogP contribution in [0.25, 0.3) is 0 Å². The maximum absolute atomic E-state index is 11.9. The number of carbonyl (C=O) groups is 1. The van der Waals surface area contributed by atoms with Gasteiger partial charge in [0, 0.05) is 22.2 Å². The molecule has 3 N–H and O–H groups in total. The van der Waals surface area contributed by atoms with Gasteiger partial charge in [0.05, 0.1) is 5.75 Å². The van der Waals surface area contributed by atoms with E-state index in [1.165, 1.54) is 11.8 Å². The number of benzene rings is 2. The molecule has 0 unspecified atom stereocenters. The number of thioether (sulfide) groups is 1. The summed E-state index contributed by atoms with van der Waals surface area (Å²) in [5, 5.41) is 3.58. The second-order valence-electron chi connectivity index (χ2n) is 4.66. The van der Waals surface area contributed by atoms with Crippen LogP contribution in [0.2, 0.25) is 5.02 Å². The van der Waals surface area contributed by atoms with Crippen molar-refractivity contribution in [2.45, 2.75) is 18.4 Å². The standard InChI is InChI=1S/C16H17ClN2OS/c1-11-14(18)3-2-4-15(11)21-10-16(20)19-9-12-5-7-13(17)8-6-12/h2-8H,9-10,18H2,1H3,(H,19,20). The molecule has 0 aliphatic carbocycles. The summed E-state index contributed by atoms with van der Waals surface area (Å²) in [4.78, 5) is 12.9. The molecule has 0 atom stereocenters.